The highest BCUT2D eigenvalue weighted by Crippen LogP contribution is 2.46. The lowest BCUT2D eigenvalue weighted by molar-refractivity contribution is -0.208. The molecule has 1 aromatic rings. The Labute approximate surface area is 198 Å². The fourth-order valence-corrected chi connectivity index (χ4v) is 5.01. The van der Waals surface area contributed by atoms with E-state index in [9.17, 15) is 4.79 Å². The summed E-state index contributed by atoms with van der Waals surface area (Å²) in [6, 6.07) is 0. The van der Waals surface area contributed by atoms with Gasteiger partial charge in [-0.1, -0.05) is 20.8 Å². The average molecular weight is 484 g/mol. The van der Waals surface area contributed by atoms with Gasteiger partial charge in [-0.25, -0.2) is 9.67 Å². The van der Waals surface area contributed by atoms with Crippen LogP contribution in [0.15, 0.2) is 12.7 Å². The second-order valence-corrected chi connectivity index (χ2v) is 16.8. The van der Waals surface area contributed by atoms with Crippen molar-refractivity contribution in [3.05, 3.63) is 12.7 Å². The number of carbonyl (C=O) groups is 1. The van der Waals surface area contributed by atoms with Crippen LogP contribution < -0.4 is 0 Å². The van der Waals surface area contributed by atoms with E-state index >= 15 is 0 Å². The molecule has 2 saturated heterocycles. The molecule has 0 radical (unpaired) electrons. The van der Waals surface area contributed by atoms with Crippen molar-refractivity contribution in [2.75, 3.05) is 6.61 Å². The van der Waals surface area contributed by atoms with Crippen LogP contribution in [0.5, 0.6) is 0 Å². The molecular formula is C23H41N3O6Si. The molecule has 10 heteroatoms. The summed E-state index contributed by atoms with van der Waals surface area (Å²) in [4.78, 5) is 16.9. The predicted molar refractivity (Wildman–Crippen MR) is 125 cm³/mol. The lowest BCUT2D eigenvalue weighted by atomic mass is 9.87. The highest BCUT2D eigenvalue weighted by Gasteiger charge is 2.56. The van der Waals surface area contributed by atoms with Gasteiger partial charge in [0.15, 0.2) is 20.3 Å². The van der Waals surface area contributed by atoms with Crippen LogP contribution in [0.4, 0.5) is 0 Å². The third-order valence-electron chi connectivity index (χ3n) is 6.57. The number of esters is 1. The molecule has 9 nitrogen and oxygen atoms in total. The van der Waals surface area contributed by atoms with Crippen LogP contribution in [0.3, 0.4) is 0 Å². The van der Waals surface area contributed by atoms with Crippen LogP contribution >= 0.6 is 0 Å². The Balaban J connectivity index is 1.88. The molecule has 5 atom stereocenters. The molecular weight excluding hydrogens is 442 g/mol. The molecule has 0 amide bonds. The van der Waals surface area contributed by atoms with Crippen LogP contribution in [-0.4, -0.2) is 65.4 Å². The van der Waals surface area contributed by atoms with Gasteiger partial charge in [-0.2, -0.15) is 5.10 Å². The van der Waals surface area contributed by atoms with Crippen molar-refractivity contribution >= 4 is 14.3 Å². The summed E-state index contributed by atoms with van der Waals surface area (Å²) in [5.74, 6) is -1.49. The predicted octanol–water partition coefficient (Wildman–Crippen LogP) is 4.07. The zero-order valence-electron chi connectivity index (χ0n) is 21.7. The van der Waals surface area contributed by atoms with Crippen LogP contribution in [0.1, 0.15) is 68.0 Å². The fraction of sp³-hybridized carbons (Fsp3) is 0.870. The van der Waals surface area contributed by atoms with E-state index in [0.717, 1.165) is 0 Å². The zero-order chi connectivity index (χ0) is 24.8. The number of fused-ring (bicyclic) bond motifs is 1. The molecule has 0 aliphatic carbocycles. The zero-order valence-corrected chi connectivity index (χ0v) is 22.7. The number of hydrogen-bond donors (Lipinski definition) is 0. The SMILES string of the molecule is CC(C)(C)OC(=O)C[C@H]1[C@@H]2OC(C)(C)O[C@@H]2[C@@H](CO[Si](C)(C)C(C)(C)C)O[C@H]1n1cncn1. The van der Waals surface area contributed by atoms with Gasteiger partial charge in [0.25, 0.3) is 0 Å². The highest BCUT2D eigenvalue weighted by atomic mass is 28.4. The fourth-order valence-electron chi connectivity index (χ4n) is 4.00. The van der Waals surface area contributed by atoms with Crippen LogP contribution in [-0.2, 0) is 28.2 Å². The van der Waals surface area contributed by atoms with Crippen molar-refractivity contribution in [2.45, 2.75) is 116 Å². The summed E-state index contributed by atoms with van der Waals surface area (Å²) >= 11 is 0. The monoisotopic (exact) mass is 483 g/mol. The number of aromatic nitrogens is 3. The first-order valence-electron chi connectivity index (χ1n) is 11.7. The third kappa shape index (κ3) is 6.22. The molecule has 3 heterocycles. The van der Waals surface area contributed by atoms with Crippen molar-refractivity contribution in [3.63, 3.8) is 0 Å². The largest absolute Gasteiger partial charge is 0.460 e. The summed E-state index contributed by atoms with van der Waals surface area (Å²) in [7, 11) is -2.01. The van der Waals surface area contributed by atoms with E-state index in [1.165, 1.54) is 6.33 Å². The smallest absolute Gasteiger partial charge is 0.306 e. The van der Waals surface area contributed by atoms with Gasteiger partial charge >= 0.3 is 5.97 Å². The van der Waals surface area contributed by atoms with Crippen molar-refractivity contribution < 1.29 is 28.2 Å². The molecule has 1 aromatic heterocycles. The maximum atomic E-state index is 12.8. The molecule has 33 heavy (non-hydrogen) atoms. The second-order valence-electron chi connectivity index (χ2n) is 12.0. The minimum Gasteiger partial charge on any atom is -0.460 e. The van der Waals surface area contributed by atoms with E-state index in [2.05, 4.69) is 43.9 Å². The summed E-state index contributed by atoms with van der Waals surface area (Å²) in [5, 5.41) is 4.37. The first kappa shape index (κ1) is 26.3. The van der Waals surface area contributed by atoms with Gasteiger partial charge in [0, 0.05) is 5.92 Å². The standard InChI is InChI=1S/C23H41N3O6Si/c1-21(2,3)30-17(27)11-15-18-19(32-23(7,8)31-18)16(12-28-33(9,10)22(4,5)6)29-20(15)26-14-24-13-25-26/h13-16,18-20H,11-12H2,1-10H3/t15-,16+,18-,19+,20+/m0/s1. The third-order valence-corrected chi connectivity index (χ3v) is 11.1. The molecule has 3 rings (SSSR count). The first-order chi connectivity index (χ1) is 15.0. The Kier molecular flexibility index (Phi) is 7.19. The van der Waals surface area contributed by atoms with Gasteiger partial charge in [-0.15, -0.1) is 0 Å². The maximum absolute atomic E-state index is 12.8. The molecule has 0 bridgehead atoms. The van der Waals surface area contributed by atoms with E-state index in [1.807, 2.05) is 34.6 Å². The topological polar surface area (TPSA) is 93.9 Å². The molecule has 0 unspecified atom stereocenters. The van der Waals surface area contributed by atoms with Crippen molar-refractivity contribution in [1.82, 2.24) is 14.8 Å². The number of hydrogen-bond acceptors (Lipinski definition) is 8. The molecule has 188 valence electrons. The maximum Gasteiger partial charge on any atom is 0.306 e. The normalized spacial score (nSPS) is 30.2. The number of ether oxygens (including phenoxy) is 4. The lowest BCUT2D eigenvalue weighted by Gasteiger charge is -2.44. The van der Waals surface area contributed by atoms with Crippen LogP contribution in [0.2, 0.25) is 18.1 Å². The number of rotatable bonds is 6. The molecule has 2 fully saturated rings. The molecule has 2 aliphatic rings. The van der Waals surface area contributed by atoms with E-state index < -0.39 is 25.9 Å². The molecule has 2 aliphatic heterocycles. The Morgan fingerprint density at radius 3 is 2.30 bits per heavy atom. The van der Waals surface area contributed by atoms with E-state index in [0.29, 0.717) is 6.61 Å². The summed E-state index contributed by atoms with van der Waals surface area (Å²) < 4.78 is 32.9. The summed E-state index contributed by atoms with van der Waals surface area (Å²) in [6.45, 7) is 20.7. The molecule has 0 saturated carbocycles. The van der Waals surface area contributed by atoms with Gasteiger partial charge in [-0.3, -0.25) is 4.79 Å². The van der Waals surface area contributed by atoms with Gasteiger partial charge in [0.05, 0.1) is 19.1 Å². The van der Waals surface area contributed by atoms with Crippen molar-refractivity contribution in [3.8, 4) is 0 Å². The van der Waals surface area contributed by atoms with Crippen LogP contribution in [0, 0.1) is 5.92 Å². The van der Waals surface area contributed by atoms with Crippen LogP contribution in [0.25, 0.3) is 0 Å². The van der Waals surface area contributed by atoms with Gasteiger partial charge < -0.3 is 23.4 Å². The van der Waals surface area contributed by atoms with Gasteiger partial charge in [0.1, 0.15) is 30.5 Å². The Hall–Kier alpha value is -1.33. The van der Waals surface area contributed by atoms with E-state index in [4.69, 9.17) is 23.4 Å². The second kappa shape index (κ2) is 9.03. The lowest BCUT2D eigenvalue weighted by Crippen LogP contribution is -2.55. The van der Waals surface area contributed by atoms with E-state index in [-0.39, 0.29) is 41.7 Å². The Bertz CT molecular complexity index is 815. The first-order valence-corrected chi connectivity index (χ1v) is 14.6. The molecule has 0 spiro atoms. The molecule has 0 N–H and O–H groups in total. The molecule has 0 aromatic carbocycles. The Morgan fingerprint density at radius 2 is 1.76 bits per heavy atom. The minimum absolute atomic E-state index is 0.0674. The van der Waals surface area contributed by atoms with Gasteiger partial charge in [-0.05, 0) is 52.8 Å². The van der Waals surface area contributed by atoms with Crippen molar-refractivity contribution in [2.24, 2.45) is 5.92 Å². The summed E-state index contributed by atoms with van der Waals surface area (Å²) in [6.07, 6.45) is 1.46. The average Bonchev–Trinajstić information content (AvgIpc) is 3.25. The van der Waals surface area contributed by atoms with Gasteiger partial charge in [0.2, 0.25) is 0 Å². The van der Waals surface area contributed by atoms with Crippen molar-refractivity contribution in [1.29, 1.82) is 0 Å². The number of nitrogens with zero attached hydrogens (tertiary/aromatic N) is 3. The quantitative estimate of drug-likeness (QED) is 0.442. The summed E-state index contributed by atoms with van der Waals surface area (Å²) in [5.41, 5.74) is -0.583. The Morgan fingerprint density at radius 1 is 1.12 bits per heavy atom. The minimum atomic E-state index is -2.01. The highest BCUT2D eigenvalue weighted by molar-refractivity contribution is 6.74. The van der Waals surface area contributed by atoms with E-state index in [1.54, 1.807) is 11.0 Å². The number of carbonyl (C=O) groups excluding carboxylic acids is 1.